The minimum Gasteiger partial charge on any atom is -0.442 e. The number of nitrogens with one attached hydrogen (secondary N) is 1. The lowest BCUT2D eigenvalue weighted by molar-refractivity contribution is 0.141. The van der Waals surface area contributed by atoms with Gasteiger partial charge in [0.15, 0.2) is 0 Å². The average molecular weight is 528 g/mol. The predicted molar refractivity (Wildman–Crippen MR) is 120 cm³/mol. The molecular formula is C16H21FN3O8P2S2+. The molecule has 1 aromatic carbocycles. The second kappa shape index (κ2) is 10.7. The first-order chi connectivity index (χ1) is 15.1. The maximum Gasteiger partial charge on any atom is 0.533 e. The average Bonchev–Trinajstić information content (AvgIpc) is 3.10. The van der Waals surface area contributed by atoms with Crippen LogP contribution in [0.4, 0.5) is 25.4 Å². The van der Waals surface area contributed by atoms with Crippen LogP contribution >= 0.6 is 39.1 Å². The van der Waals surface area contributed by atoms with Crippen molar-refractivity contribution in [2.24, 2.45) is 0 Å². The van der Waals surface area contributed by atoms with Crippen molar-refractivity contribution in [3.63, 3.8) is 0 Å². The Morgan fingerprint density at radius 2 is 2.09 bits per heavy atom. The molecule has 0 saturated carbocycles. The van der Waals surface area contributed by atoms with Crippen LogP contribution in [0, 0.1) is 5.82 Å². The quantitative estimate of drug-likeness (QED) is 0.385. The highest BCUT2D eigenvalue weighted by Crippen LogP contribution is 2.57. The number of rotatable bonds is 7. The van der Waals surface area contributed by atoms with Gasteiger partial charge in [0.1, 0.15) is 11.9 Å². The minimum absolute atomic E-state index is 0.00149. The van der Waals surface area contributed by atoms with Gasteiger partial charge in [0.2, 0.25) is 0 Å². The summed E-state index contributed by atoms with van der Waals surface area (Å²) in [7, 11) is -8.29. The summed E-state index contributed by atoms with van der Waals surface area (Å²) in [5.41, 5.74) is 0.758. The molecule has 2 saturated heterocycles. The number of hydrogen-bond donors (Lipinski definition) is 4. The SMILES string of the molecule is O=C(NC[C@H]1CN(c2ccc(N3CCSCC3)c(F)c2)C(=O)O1)SC([P+](=O)O)P(=O)(O)O. The molecule has 16 heteroatoms. The van der Waals surface area contributed by atoms with Crippen LogP contribution in [0.25, 0.3) is 0 Å². The summed E-state index contributed by atoms with van der Waals surface area (Å²) in [5.74, 6) is 1.36. The van der Waals surface area contributed by atoms with Crippen molar-refractivity contribution in [2.75, 3.05) is 47.5 Å². The number of anilines is 2. The Kier molecular flexibility index (Phi) is 8.42. The van der Waals surface area contributed by atoms with E-state index in [1.54, 1.807) is 23.9 Å². The molecule has 0 bridgehead atoms. The number of halogens is 1. The molecule has 2 unspecified atom stereocenters. The molecule has 0 spiro atoms. The first kappa shape index (κ1) is 25.2. The number of carbonyl (C=O) groups excluding carboxylic acids is 2. The molecule has 2 heterocycles. The van der Waals surface area contributed by atoms with Crippen LogP contribution in [-0.2, 0) is 13.9 Å². The highest BCUT2D eigenvalue weighted by molar-refractivity contribution is 8.21. The zero-order valence-electron chi connectivity index (χ0n) is 16.5. The van der Waals surface area contributed by atoms with Gasteiger partial charge in [-0.25, -0.2) is 9.18 Å². The van der Waals surface area contributed by atoms with E-state index in [4.69, 9.17) is 19.4 Å². The number of benzene rings is 1. The molecule has 2 aliphatic rings. The van der Waals surface area contributed by atoms with Crippen molar-refractivity contribution in [1.82, 2.24) is 5.32 Å². The third-order valence-electron chi connectivity index (χ3n) is 4.63. The van der Waals surface area contributed by atoms with E-state index in [0.717, 1.165) is 24.6 Å². The lowest BCUT2D eigenvalue weighted by Crippen LogP contribution is -2.34. The Morgan fingerprint density at radius 3 is 2.69 bits per heavy atom. The van der Waals surface area contributed by atoms with Gasteiger partial charge < -0.3 is 24.7 Å². The van der Waals surface area contributed by atoms with E-state index in [1.165, 1.54) is 11.0 Å². The summed E-state index contributed by atoms with van der Waals surface area (Å²) in [5, 5.41) is 1.33. The highest BCUT2D eigenvalue weighted by atomic mass is 32.2. The summed E-state index contributed by atoms with van der Waals surface area (Å²) in [6.45, 7) is 1.29. The van der Waals surface area contributed by atoms with Crippen molar-refractivity contribution >= 4 is 61.9 Å². The van der Waals surface area contributed by atoms with Crippen LogP contribution in [0.1, 0.15) is 0 Å². The van der Waals surface area contributed by atoms with E-state index in [9.17, 15) is 23.1 Å². The van der Waals surface area contributed by atoms with Gasteiger partial charge in [-0.1, -0.05) is 0 Å². The minimum atomic E-state index is -4.98. The van der Waals surface area contributed by atoms with E-state index >= 15 is 0 Å². The third kappa shape index (κ3) is 6.34. The van der Waals surface area contributed by atoms with Crippen LogP contribution in [0.15, 0.2) is 18.2 Å². The number of thioether (sulfide) groups is 2. The molecule has 4 N–H and O–H groups in total. The van der Waals surface area contributed by atoms with Crippen LogP contribution in [0.5, 0.6) is 0 Å². The molecule has 176 valence electrons. The summed E-state index contributed by atoms with van der Waals surface area (Å²) < 4.78 is 40.0. The summed E-state index contributed by atoms with van der Waals surface area (Å²) in [4.78, 5) is 54.4. The van der Waals surface area contributed by atoms with Gasteiger partial charge in [0, 0.05) is 36.4 Å². The van der Waals surface area contributed by atoms with Gasteiger partial charge in [-0.15, -0.1) is 0 Å². The Hall–Kier alpha value is -1.40. The molecule has 0 aliphatic carbocycles. The standard InChI is InChI=1S/C16H20FN3O8P2S2/c17-12-7-10(1-2-13(12)19-3-5-31-6-4-19)20-9-11(28-15(20)22)8-18-14(21)32-16(29(23)24)30(25,26)27/h1-2,7,11,16H,3-6,8-9H2,(H3-,18,21,23,24,25,26,27)/p+1/t11-,16?/m0/s1. The molecule has 2 aliphatic heterocycles. The molecule has 1 aromatic rings. The Balaban J connectivity index is 1.57. The first-order valence-corrected chi connectivity index (χ1v) is 14.3. The molecule has 3 atom stereocenters. The second-order valence-electron chi connectivity index (χ2n) is 6.86. The van der Waals surface area contributed by atoms with E-state index in [-0.39, 0.29) is 24.9 Å². The number of carbonyl (C=O) groups is 2. The Morgan fingerprint density at radius 1 is 1.41 bits per heavy atom. The van der Waals surface area contributed by atoms with E-state index in [0.29, 0.717) is 11.4 Å². The molecule has 11 nitrogen and oxygen atoms in total. The lowest BCUT2D eigenvalue weighted by Gasteiger charge is -2.29. The largest absolute Gasteiger partial charge is 0.533 e. The zero-order chi connectivity index (χ0) is 23.5. The molecule has 0 radical (unpaired) electrons. The van der Waals surface area contributed by atoms with Gasteiger partial charge >= 0.3 is 26.4 Å². The van der Waals surface area contributed by atoms with Crippen molar-refractivity contribution in [3.05, 3.63) is 24.0 Å². The van der Waals surface area contributed by atoms with E-state index in [2.05, 4.69) is 5.32 Å². The van der Waals surface area contributed by atoms with Gasteiger partial charge in [-0.05, 0) is 22.8 Å². The number of hydrogen-bond acceptors (Lipinski definition) is 8. The Labute approximate surface area is 192 Å². The number of cyclic esters (lactones) is 1. The topological polar surface area (TPSA) is 157 Å². The summed E-state index contributed by atoms with van der Waals surface area (Å²) in [6, 6.07) is 4.47. The maximum atomic E-state index is 14.7. The molecule has 3 rings (SSSR count). The molecule has 2 amide bonds. The van der Waals surface area contributed by atoms with Crippen molar-refractivity contribution < 1.29 is 42.5 Å². The van der Waals surface area contributed by atoms with Gasteiger partial charge in [0.25, 0.3) is 5.24 Å². The third-order valence-corrected chi connectivity index (χ3v) is 10.6. The summed E-state index contributed by atoms with van der Waals surface area (Å²) in [6.07, 6.45) is -1.53. The molecule has 0 aromatic heterocycles. The molecule has 2 fully saturated rings. The smallest absolute Gasteiger partial charge is 0.442 e. The maximum absolute atomic E-state index is 14.7. The highest BCUT2D eigenvalue weighted by Gasteiger charge is 2.48. The van der Waals surface area contributed by atoms with E-state index in [1.807, 2.05) is 4.90 Å². The van der Waals surface area contributed by atoms with Gasteiger partial charge in [0.05, 0.1) is 24.5 Å². The zero-order valence-corrected chi connectivity index (χ0v) is 19.9. The summed E-state index contributed by atoms with van der Waals surface area (Å²) >= 11 is 1.81. The van der Waals surface area contributed by atoms with Crippen molar-refractivity contribution in [2.45, 2.75) is 10.8 Å². The molecule has 32 heavy (non-hydrogen) atoms. The Bertz CT molecular complexity index is 946. The van der Waals surface area contributed by atoms with Gasteiger partial charge in [-0.2, -0.15) is 16.7 Å². The number of amides is 2. The first-order valence-electron chi connectivity index (χ1n) is 9.31. The monoisotopic (exact) mass is 528 g/mol. The number of ether oxygens (including phenoxy) is 1. The predicted octanol–water partition coefficient (Wildman–Crippen LogP) is 2.34. The van der Waals surface area contributed by atoms with E-state index < -0.39 is 43.6 Å². The second-order valence-corrected chi connectivity index (χ2v) is 13.1. The fourth-order valence-electron chi connectivity index (χ4n) is 3.14. The van der Waals surface area contributed by atoms with Crippen LogP contribution in [0.2, 0.25) is 0 Å². The van der Waals surface area contributed by atoms with Crippen LogP contribution < -0.4 is 15.1 Å². The normalized spacial score (nSPS) is 20.7. The van der Waals surface area contributed by atoms with Crippen molar-refractivity contribution in [1.29, 1.82) is 0 Å². The number of nitrogens with zero attached hydrogens (tertiary/aromatic N) is 2. The van der Waals surface area contributed by atoms with Crippen molar-refractivity contribution in [3.8, 4) is 0 Å². The van der Waals surface area contributed by atoms with Crippen LogP contribution in [-0.4, -0.2) is 74.5 Å². The lowest BCUT2D eigenvalue weighted by atomic mass is 10.2. The van der Waals surface area contributed by atoms with Gasteiger partial charge in [-0.3, -0.25) is 14.3 Å². The fourth-order valence-corrected chi connectivity index (χ4v) is 6.92. The fraction of sp³-hybridized carbons (Fsp3) is 0.500. The molecular weight excluding hydrogens is 507 g/mol. The van der Waals surface area contributed by atoms with Crippen LogP contribution in [0.3, 0.4) is 0 Å².